The Hall–Kier alpha value is -0.450. The van der Waals surface area contributed by atoms with E-state index in [0.29, 0.717) is 6.04 Å². The molecule has 0 radical (unpaired) electrons. The minimum atomic E-state index is 0.457. The number of nitrogens with zero attached hydrogens (tertiary/aromatic N) is 1. The quantitative estimate of drug-likeness (QED) is 0.755. The van der Waals surface area contributed by atoms with E-state index >= 15 is 0 Å². The number of aromatic nitrogens is 1. The Morgan fingerprint density at radius 1 is 1.67 bits per heavy atom. The fourth-order valence-corrected chi connectivity index (χ4v) is 2.66. The van der Waals surface area contributed by atoms with Gasteiger partial charge >= 0.3 is 0 Å². The molecule has 0 saturated heterocycles. The summed E-state index contributed by atoms with van der Waals surface area (Å²) in [5, 5.41) is 4.78. The summed E-state index contributed by atoms with van der Waals surface area (Å²) >= 11 is 1.81. The average molecular weight is 226 g/mol. The molecule has 0 bridgehead atoms. The van der Waals surface area contributed by atoms with E-state index in [-0.39, 0.29) is 0 Å². The van der Waals surface area contributed by atoms with Gasteiger partial charge in [-0.3, -0.25) is 0 Å². The molecular weight excluding hydrogens is 208 g/mol. The van der Waals surface area contributed by atoms with Crippen LogP contribution >= 0.6 is 11.3 Å². The van der Waals surface area contributed by atoms with Gasteiger partial charge in [0.15, 0.2) is 0 Å². The Morgan fingerprint density at radius 2 is 2.47 bits per heavy atom. The molecule has 15 heavy (non-hydrogen) atoms. The van der Waals surface area contributed by atoms with Crippen molar-refractivity contribution in [1.82, 2.24) is 10.3 Å². The summed E-state index contributed by atoms with van der Waals surface area (Å²) in [6.45, 7) is 3.80. The van der Waals surface area contributed by atoms with Crippen LogP contribution in [-0.4, -0.2) is 25.2 Å². The molecule has 4 heteroatoms. The first-order chi connectivity index (χ1) is 7.31. The van der Waals surface area contributed by atoms with Crippen molar-refractivity contribution in [3.05, 3.63) is 16.1 Å². The first-order valence-corrected chi connectivity index (χ1v) is 6.27. The van der Waals surface area contributed by atoms with Gasteiger partial charge in [0.05, 0.1) is 12.6 Å². The lowest BCUT2D eigenvalue weighted by atomic mass is 10.2. The van der Waals surface area contributed by atoms with Gasteiger partial charge in [-0.1, -0.05) is 0 Å². The zero-order chi connectivity index (χ0) is 10.7. The maximum absolute atomic E-state index is 5.05. The van der Waals surface area contributed by atoms with Gasteiger partial charge in [-0.25, -0.2) is 4.98 Å². The molecule has 1 heterocycles. The van der Waals surface area contributed by atoms with E-state index in [0.717, 1.165) is 19.1 Å². The molecule has 1 aliphatic rings. The first-order valence-electron chi connectivity index (χ1n) is 5.46. The molecule has 1 N–H and O–H groups in total. The molecule has 3 nitrogen and oxygen atoms in total. The Bertz CT molecular complexity index is 309. The number of nitrogens with one attached hydrogen (secondary N) is 1. The summed E-state index contributed by atoms with van der Waals surface area (Å²) in [5.74, 6) is 0.799. The number of thiazole rings is 1. The Labute approximate surface area is 94.9 Å². The molecule has 1 aromatic rings. The Morgan fingerprint density at radius 3 is 3.00 bits per heavy atom. The van der Waals surface area contributed by atoms with Crippen LogP contribution in [0.1, 0.15) is 28.8 Å². The lowest BCUT2D eigenvalue weighted by Gasteiger charge is -2.15. The van der Waals surface area contributed by atoms with Gasteiger partial charge in [0.25, 0.3) is 0 Å². The SMILES string of the molecule is COCCNC(c1ncc(C)s1)C1CC1. The van der Waals surface area contributed by atoms with E-state index in [1.54, 1.807) is 7.11 Å². The number of aryl methyl sites for hydroxylation is 1. The van der Waals surface area contributed by atoms with Crippen LogP contribution in [0.2, 0.25) is 0 Å². The van der Waals surface area contributed by atoms with Crippen molar-refractivity contribution >= 4 is 11.3 Å². The monoisotopic (exact) mass is 226 g/mol. The van der Waals surface area contributed by atoms with Gasteiger partial charge in [0.2, 0.25) is 0 Å². The highest BCUT2D eigenvalue weighted by molar-refractivity contribution is 7.11. The van der Waals surface area contributed by atoms with Crippen molar-refractivity contribution in [3.63, 3.8) is 0 Å². The number of ether oxygens (including phenoxy) is 1. The third-order valence-corrected chi connectivity index (χ3v) is 3.66. The molecule has 0 amide bonds. The van der Waals surface area contributed by atoms with Crippen LogP contribution in [0, 0.1) is 12.8 Å². The van der Waals surface area contributed by atoms with Gasteiger partial charge in [-0.15, -0.1) is 11.3 Å². The molecule has 0 aromatic carbocycles. The Balaban J connectivity index is 1.93. The van der Waals surface area contributed by atoms with Crippen molar-refractivity contribution in [1.29, 1.82) is 0 Å². The third kappa shape index (κ3) is 3.00. The predicted molar refractivity (Wildman–Crippen MR) is 62.2 cm³/mol. The van der Waals surface area contributed by atoms with Crippen molar-refractivity contribution in [3.8, 4) is 0 Å². The highest BCUT2D eigenvalue weighted by atomic mass is 32.1. The van der Waals surface area contributed by atoms with Crippen molar-refractivity contribution in [2.24, 2.45) is 5.92 Å². The average Bonchev–Trinajstić information content (AvgIpc) is 2.97. The van der Waals surface area contributed by atoms with Crippen LogP contribution in [0.15, 0.2) is 6.20 Å². The second-order valence-corrected chi connectivity index (χ2v) is 5.34. The van der Waals surface area contributed by atoms with Gasteiger partial charge in [0, 0.05) is 24.7 Å². The molecule has 2 rings (SSSR count). The zero-order valence-electron chi connectivity index (χ0n) is 9.32. The van der Waals surface area contributed by atoms with Crippen molar-refractivity contribution < 1.29 is 4.74 Å². The van der Waals surface area contributed by atoms with Gasteiger partial charge in [0.1, 0.15) is 5.01 Å². The van der Waals surface area contributed by atoms with E-state index in [2.05, 4.69) is 17.2 Å². The third-order valence-electron chi connectivity index (χ3n) is 2.67. The molecule has 1 atom stereocenters. The molecule has 0 aliphatic heterocycles. The van der Waals surface area contributed by atoms with Crippen molar-refractivity contribution in [2.45, 2.75) is 25.8 Å². The van der Waals surface area contributed by atoms with Crippen LogP contribution < -0.4 is 5.32 Å². The minimum Gasteiger partial charge on any atom is -0.383 e. The summed E-state index contributed by atoms with van der Waals surface area (Å²) in [4.78, 5) is 5.77. The topological polar surface area (TPSA) is 34.1 Å². The normalized spacial score (nSPS) is 18.0. The molecule has 1 aromatic heterocycles. The molecule has 1 saturated carbocycles. The van der Waals surface area contributed by atoms with Gasteiger partial charge in [-0.05, 0) is 25.7 Å². The molecule has 1 aliphatic carbocycles. The van der Waals surface area contributed by atoms with Gasteiger partial charge in [-0.2, -0.15) is 0 Å². The summed E-state index contributed by atoms with van der Waals surface area (Å²) in [7, 11) is 1.74. The fraction of sp³-hybridized carbons (Fsp3) is 0.727. The maximum Gasteiger partial charge on any atom is 0.110 e. The predicted octanol–water partition coefficient (Wildman–Crippen LogP) is 2.14. The van der Waals surface area contributed by atoms with E-state index < -0.39 is 0 Å². The molecule has 1 unspecified atom stereocenters. The first kappa shape index (κ1) is 11.0. The minimum absolute atomic E-state index is 0.457. The largest absolute Gasteiger partial charge is 0.383 e. The molecule has 1 fully saturated rings. The highest BCUT2D eigenvalue weighted by Crippen LogP contribution is 2.41. The van der Waals surface area contributed by atoms with Crippen LogP contribution in [0.25, 0.3) is 0 Å². The van der Waals surface area contributed by atoms with E-state index in [4.69, 9.17) is 4.74 Å². The van der Waals surface area contributed by atoms with Crippen LogP contribution in [-0.2, 0) is 4.74 Å². The van der Waals surface area contributed by atoms with Gasteiger partial charge < -0.3 is 10.1 Å². The standard InChI is InChI=1S/C11H18N2OS/c1-8-7-13-11(15-8)10(9-3-4-9)12-5-6-14-2/h7,9-10,12H,3-6H2,1-2H3. The lowest BCUT2D eigenvalue weighted by Crippen LogP contribution is -2.26. The summed E-state index contributed by atoms with van der Waals surface area (Å²) in [6, 6.07) is 0.457. The highest BCUT2D eigenvalue weighted by Gasteiger charge is 2.33. The number of hydrogen-bond acceptors (Lipinski definition) is 4. The van der Waals surface area contributed by atoms with E-state index in [9.17, 15) is 0 Å². The molecule has 0 spiro atoms. The Kier molecular flexibility index (Phi) is 3.72. The maximum atomic E-state index is 5.05. The van der Waals surface area contributed by atoms with Crippen LogP contribution in [0.4, 0.5) is 0 Å². The summed E-state index contributed by atoms with van der Waals surface area (Å²) < 4.78 is 5.05. The fourth-order valence-electron chi connectivity index (χ4n) is 1.72. The zero-order valence-corrected chi connectivity index (χ0v) is 10.1. The number of methoxy groups -OCH3 is 1. The van der Waals surface area contributed by atoms with E-state index in [1.807, 2.05) is 17.5 Å². The number of hydrogen-bond donors (Lipinski definition) is 1. The number of rotatable bonds is 6. The second-order valence-electron chi connectivity index (χ2n) is 4.07. The van der Waals surface area contributed by atoms with Crippen LogP contribution in [0.3, 0.4) is 0 Å². The second kappa shape index (κ2) is 5.05. The lowest BCUT2D eigenvalue weighted by molar-refractivity contribution is 0.194. The van der Waals surface area contributed by atoms with Crippen molar-refractivity contribution in [2.75, 3.05) is 20.3 Å². The summed E-state index contributed by atoms with van der Waals surface area (Å²) in [6.07, 6.45) is 4.64. The van der Waals surface area contributed by atoms with E-state index in [1.165, 1.54) is 22.7 Å². The summed E-state index contributed by atoms with van der Waals surface area (Å²) in [5.41, 5.74) is 0. The smallest absolute Gasteiger partial charge is 0.110 e. The molecular formula is C11H18N2OS. The van der Waals surface area contributed by atoms with Crippen LogP contribution in [0.5, 0.6) is 0 Å². The molecule has 84 valence electrons.